The number of hydrogen-bond donors (Lipinski definition) is 1. The Morgan fingerprint density at radius 3 is 2.41 bits per heavy atom. The minimum absolute atomic E-state index is 0.345. The maximum atomic E-state index is 6.11. The standard InChI is InChI=1S/C16H12ClN3OS/c17-11-6-8-13(9-7-11)22-16-14(18)15(19-10-20-16)21-12-4-2-1-3-5-12/h1-10H,18H2. The molecule has 6 heteroatoms. The van der Waals surface area contributed by atoms with Crippen LogP contribution in [-0.2, 0) is 0 Å². The lowest BCUT2D eigenvalue weighted by Crippen LogP contribution is -1.99. The summed E-state index contributed by atoms with van der Waals surface area (Å²) in [5, 5.41) is 1.33. The van der Waals surface area contributed by atoms with Crippen molar-refractivity contribution in [2.24, 2.45) is 0 Å². The molecule has 2 N–H and O–H groups in total. The van der Waals surface area contributed by atoms with E-state index in [-0.39, 0.29) is 0 Å². The molecule has 1 aromatic heterocycles. The summed E-state index contributed by atoms with van der Waals surface area (Å²) in [6.45, 7) is 0. The van der Waals surface area contributed by atoms with Crippen molar-refractivity contribution in [3.8, 4) is 11.6 Å². The van der Waals surface area contributed by atoms with Crippen molar-refractivity contribution >= 4 is 29.1 Å². The Hall–Kier alpha value is -2.24. The van der Waals surface area contributed by atoms with Gasteiger partial charge in [-0.3, -0.25) is 0 Å². The maximum absolute atomic E-state index is 6.11. The third kappa shape index (κ3) is 3.50. The molecule has 0 spiro atoms. The highest BCUT2D eigenvalue weighted by Gasteiger charge is 2.11. The Bertz CT molecular complexity index is 766. The smallest absolute Gasteiger partial charge is 0.247 e. The second kappa shape index (κ2) is 6.68. The lowest BCUT2D eigenvalue weighted by Gasteiger charge is -2.09. The highest BCUT2D eigenvalue weighted by Crippen LogP contribution is 2.35. The Balaban J connectivity index is 1.84. The van der Waals surface area contributed by atoms with Gasteiger partial charge >= 0.3 is 0 Å². The minimum atomic E-state index is 0.345. The summed E-state index contributed by atoms with van der Waals surface area (Å²) in [6, 6.07) is 16.8. The predicted molar refractivity (Wildman–Crippen MR) is 88.5 cm³/mol. The van der Waals surface area contributed by atoms with E-state index in [0.29, 0.717) is 27.4 Å². The zero-order valence-electron chi connectivity index (χ0n) is 11.4. The topological polar surface area (TPSA) is 61.0 Å². The fourth-order valence-corrected chi connectivity index (χ4v) is 2.66. The fourth-order valence-electron chi connectivity index (χ4n) is 1.74. The molecule has 0 unspecified atom stereocenters. The summed E-state index contributed by atoms with van der Waals surface area (Å²) in [7, 11) is 0. The first-order valence-electron chi connectivity index (χ1n) is 6.49. The molecule has 0 fully saturated rings. The molecule has 0 amide bonds. The van der Waals surface area contributed by atoms with Gasteiger partial charge in [-0.25, -0.2) is 4.98 Å². The number of hydrogen-bond acceptors (Lipinski definition) is 5. The van der Waals surface area contributed by atoms with Crippen molar-refractivity contribution in [1.29, 1.82) is 0 Å². The average molecular weight is 330 g/mol. The molecule has 3 aromatic rings. The zero-order chi connectivity index (χ0) is 15.4. The number of para-hydroxylation sites is 1. The van der Waals surface area contributed by atoms with Crippen LogP contribution >= 0.6 is 23.4 Å². The molecule has 110 valence electrons. The first-order valence-corrected chi connectivity index (χ1v) is 7.68. The number of nitrogen functional groups attached to an aromatic ring is 1. The normalized spacial score (nSPS) is 10.4. The third-order valence-electron chi connectivity index (χ3n) is 2.80. The molecule has 0 radical (unpaired) electrons. The molecule has 0 aliphatic carbocycles. The van der Waals surface area contributed by atoms with Crippen LogP contribution in [0.2, 0.25) is 5.02 Å². The predicted octanol–water partition coefficient (Wildman–Crippen LogP) is 4.66. The van der Waals surface area contributed by atoms with Crippen molar-refractivity contribution in [2.75, 3.05) is 5.73 Å². The minimum Gasteiger partial charge on any atom is -0.437 e. The van der Waals surface area contributed by atoms with E-state index in [1.165, 1.54) is 18.1 Å². The Kier molecular flexibility index (Phi) is 4.46. The van der Waals surface area contributed by atoms with Crippen LogP contribution in [-0.4, -0.2) is 9.97 Å². The molecule has 0 saturated heterocycles. The molecule has 0 atom stereocenters. The van der Waals surface area contributed by atoms with Gasteiger partial charge in [0.2, 0.25) is 5.88 Å². The van der Waals surface area contributed by atoms with Gasteiger partial charge in [-0.15, -0.1) is 0 Å². The number of benzene rings is 2. The van der Waals surface area contributed by atoms with Gasteiger partial charge in [-0.2, -0.15) is 4.98 Å². The first-order chi connectivity index (χ1) is 10.7. The SMILES string of the molecule is Nc1c(Oc2ccccc2)ncnc1Sc1ccc(Cl)cc1. The van der Waals surface area contributed by atoms with Gasteiger partial charge in [-0.1, -0.05) is 41.6 Å². The van der Waals surface area contributed by atoms with Crippen molar-refractivity contribution in [3.05, 3.63) is 65.9 Å². The summed E-state index contributed by atoms with van der Waals surface area (Å²) >= 11 is 7.31. The van der Waals surface area contributed by atoms with E-state index in [2.05, 4.69) is 9.97 Å². The van der Waals surface area contributed by atoms with Crippen LogP contribution in [0.1, 0.15) is 0 Å². The van der Waals surface area contributed by atoms with E-state index < -0.39 is 0 Å². The van der Waals surface area contributed by atoms with Crippen LogP contribution in [0.4, 0.5) is 5.69 Å². The molecule has 0 saturated carbocycles. The Morgan fingerprint density at radius 2 is 1.68 bits per heavy atom. The quantitative estimate of drug-likeness (QED) is 0.705. The van der Waals surface area contributed by atoms with Crippen LogP contribution in [0.5, 0.6) is 11.6 Å². The van der Waals surface area contributed by atoms with E-state index in [9.17, 15) is 0 Å². The number of halogens is 1. The maximum Gasteiger partial charge on any atom is 0.247 e. The first kappa shape index (κ1) is 14.7. The summed E-state index contributed by atoms with van der Waals surface area (Å²) in [5.74, 6) is 1.02. The molecular formula is C16H12ClN3OS. The van der Waals surface area contributed by atoms with E-state index in [0.717, 1.165) is 4.90 Å². The fraction of sp³-hybridized carbons (Fsp3) is 0. The summed E-state index contributed by atoms with van der Waals surface area (Å²) in [6.07, 6.45) is 1.44. The Labute approximate surface area is 137 Å². The lowest BCUT2D eigenvalue weighted by molar-refractivity contribution is 0.462. The van der Waals surface area contributed by atoms with Crippen LogP contribution in [0.25, 0.3) is 0 Å². The van der Waals surface area contributed by atoms with E-state index in [1.54, 1.807) is 0 Å². The van der Waals surface area contributed by atoms with Crippen molar-refractivity contribution in [3.63, 3.8) is 0 Å². The van der Waals surface area contributed by atoms with E-state index >= 15 is 0 Å². The van der Waals surface area contributed by atoms with Gasteiger partial charge in [0.05, 0.1) is 0 Å². The van der Waals surface area contributed by atoms with Crippen molar-refractivity contribution in [2.45, 2.75) is 9.92 Å². The molecule has 0 aliphatic rings. The van der Waals surface area contributed by atoms with Gasteiger partial charge in [-0.05, 0) is 36.4 Å². The molecule has 4 nitrogen and oxygen atoms in total. The molecule has 22 heavy (non-hydrogen) atoms. The van der Waals surface area contributed by atoms with Crippen LogP contribution in [0.15, 0.2) is 70.8 Å². The van der Waals surface area contributed by atoms with Crippen molar-refractivity contribution in [1.82, 2.24) is 9.97 Å². The monoisotopic (exact) mass is 329 g/mol. The number of aromatic nitrogens is 2. The second-order valence-corrected chi connectivity index (χ2v) is 5.87. The summed E-state index contributed by atoms with van der Waals surface area (Å²) < 4.78 is 5.70. The molecular weight excluding hydrogens is 318 g/mol. The number of anilines is 1. The second-order valence-electron chi connectivity index (χ2n) is 4.37. The van der Waals surface area contributed by atoms with Gasteiger partial charge in [0.1, 0.15) is 22.8 Å². The molecule has 2 aromatic carbocycles. The van der Waals surface area contributed by atoms with E-state index in [1.807, 2.05) is 54.6 Å². The molecule has 3 rings (SSSR count). The number of rotatable bonds is 4. The highest BCUT2D eigenvalue weighted by molar-refractivity contribution is 7.99. The molecule has 0 aliphatic heterocycles. The summed E-state index contributed by atoms with van der Waals surface area (Å²) in [5.41, 5.74) is 6.52. The third-order valence-corrected chi connectivity index (χ3v) is 4.08. The number of ether oxygens (including phenoxy) is 1. The van der Waals surface area contributed by atoms with Crippen LogP contribution in [0, 0.1) is 0 Å². The van der Waals surface area contributed by atoms with Gasteiger partial charge in [0.15, 0.2) is 0 Å². The zero-order valence-corrected chi connectivity index (χ0v) is 13.0. The van der Waals surface area contributed by atoms with Crippen molar-refractivity contribution < 1.29 is 4.74 Å². The van der Waals surface area contributed by atoms with E-state index in [4.69, 9.17) is 22.1 Å². The number of nitrogens with zero attached hydrogens (tertiary/aromatic N) is 2. The Morgan fingerprint density at radius 1 is 0.955 bits per heavy atom. The molecule has 0 bridgehead atoms. The number of nitrogens with two attached hydrogens (primary N) is 1. The van der Waals surface area contributed by atoms with Gasteiger partial charge in [0, 0.05) is 9.92 Å². The molecule has 1 heterocycles. The summed E-state index contributed by atoms with van der Waals surface area (Å²) in [4.78, 5) is 9.30. The lowest BCUT2D eigenvalue weighted by atomic mass is 10.3. The highest BCUT2D eigenvalue weighted by atomic mass is 35.5. The largest absolute Gasteiger partial charge is 0.437 e. The average Bonchev–Trinajstić information content (AvgIpc) is 2.54. The van der Waals surface area contributed by atoms with Gasteiger partial charge < -0.3 is 10.5 Å². The van der Waals surface area contributed by atoms with Gasteiger partial charge in [0.25, 0.3) is 0 Å². The van der Waals surface area contributed by atoms with Crippen LogP contribution in [0.3, 0.4) is 0 Å². The van der Waals surface area contributed by atoms with Crippen LogP contribution < -0.4 is 10.5 Å².